The van der Waals surface area contributed by atoms with Crippen LogP contribution in [0.5, 0.6) is 0 Å². The molecule has 9 nitrogen and oxygen atoms in total. The number of hydrogen-bond acceptors (Lipinski definition) is 6. The van der Waals surface area contributed by atoms with Gasteiger partial charge in [-0.1, -0.05) is 26.7 Å². The van der Waals surface area contributed by atoms with Crippen molar-refractivity contribution < 1.29 is 26.4 Å². The van der Waals surface area contributed by atoms with E-state index in [1.54, 1.807) is 12.1 Å². The predicted molar refractivity (Wildman–Crippen MR) is 168 cm³/mol. The van der Waals surface area contributed by atoms with E-state index in [1.165, 1.54) is 24.3 Å². The molecule has 4 rings (SSSR count). The number of benzene rings is 2. The molecule has 0 aromatic heterocycles. The van der Waals surface area contributed by atoms with E-state index in [4.69, 9.17) is 39.0 Å². The molecule has 2 aromatic rings. The SMILES string of the molecule is CCC1(CCCCCl)C(=O)Nc2ccc(S(=O)(=O)Cl)cc21.CCC1(CCCCCl)C(=O)Nc2ccc(S(N)(=O)=O)cc21. The summed E-state index contributed by atoms with van der Waals surface area (Å²) >= 11 is 11.4. The van der Waals surface area contributed by atoms with Gasteiger partial charge in [0.15, 0.2) is 0 Å². The molecule has 2 atom stereocenters. The zero-order valence-corrected chi connectivity index (χ0v) is 27.4. The first kappa shape index (κ1) is 34.6. The van der Waals surface area contributed by atoms with Crippen LogP contribution in [0.3, 0.4) is 0 Å². The van der Waals surface area contributed by atoms with E-state index in [0.29, 0.717) is 54.4 Å². The number of nitrogens with two attached hydrogens (primary N) is 1. The highest BCUT2D eigenvalue weighted by atomic mass is 35.7. The molecule has 2 aliphatic heterocycles. The van der Waals surface area contributed by atoms with E-state index in [-0.39, 0.29) is 21.6 Å². The van der Waals surface area contributed by atoms with Gasteiger partial charge in [-0.05, 0) is 86.1 Å². The van der Waals surface area contributed by atoms with Crippen LogP contribution in [-0.2, 0) is 39.5 Å². The van der Waals surface area contributed by atoms with Gasteiger partial charge in [-0.25, -0.2) is 22.0 Å². The second-order valence-corrected chi connectivity index (χ2v) is 15.4. The Balaban J connectivity index is 0.000000230. The van der Waals surface area contributed by atoms with Gasteiger partial charge in [-0.15, -0.1) is 23.2 Å². The summed E-state index contributed by atoms with van der Waals surface area (Å²) in [5.74, 6) is 0.926. The highest BCUT2D eigenvalue weighted by molar-refractivity contribution is 8.13. The first-order valence-electron chi connectivity index (χ1n) is 13.7. The fourth-order valence-electron chi connectivity index (χ4n) is 5.71. The van der Waals surface area contributed by atoms with Gasteiger partial charge in [0, 0.05) is 33.8 Å². The van der Waals surface area contributed by atoms with Crippen LogP contribution in [0.2, 0.25) is 0 Å². The molecule has 2 aromatic carbocycles. The van der Waals surface area contributed by atoms with Crippen LogP contribution >= 0.6 is 33.9 Å². The van der Waals surface area contributed by atoms with Gasteiger partial charge in [0.1, 0.15) is 0 Å². The van der Waals surface area contributed by atoms with E-state index >= 15 is 0 Å². The zero-order valence-electron chi connectivity index (χ0n) is 23.5. The average Bonchev–Trinajstić information content (AvgIpc) is 3.37. The van der Waals surface area contributed by atoms with Crippen molar-refractivity contribution in [2.45, 2.75) is 85.8 Å². The van der Waals surface area contributed by atoms with Crippen molar-refractivity contribution in [3.8, 4) is 0 Å². The second kappa shape index (κ2) is 13.8. The van der Waals surface area contributed by atoms with Crippen LogP contribution < -0.4 is 15.8 Å². The summed E-state index contributed by atoms with van der Waals surface area (Å²) in [4.78, 5) is 24.9. The van der Waals surface area contributed by atoms with Gasteiger partial charge in [0.05, 0.1) is 20.6 Å². The molecule has 14 heteroatoms. The van der Waals surface area contributed by atoms with E-state index in [0.717, 1.165) is 31.2 Å². The summed E-state index contributed by atoms with van der Waals surface area (Å²) in [6.45, 7) is 3.86. The third-order valence-corrected chi connectivity index (χ3v) is 11.0. The number of primary sulfonamides is 1. The highest BCUT2D eigenvalue weighted by Crippen LogP contribution is 2.46. The van der Waals surface area contributed by atoms with Crippen LogP contribution in [0.1, 0.15) is 76.3 Å². The summed E-state index contributed by atoms with van der Waals surface area (Å²) in [5.41, 5.74) is 1.38. The van der Waals surface area contributed by atoms with Gasteiger partial charge in [-0.3, -0.25) is 9.59 Å². The number of anilines is 2. The molecule has 0 saturated heterocycles. The lowest BCUT2D eigenvalue weighted by Crippen LogP contribution is -2.34. The number of rotatable bonds is 12. The molecule has 2 amide bonds. The second-order valence-electron chi connectivity index (χ2n) is 10.5. The number of sulfonamides is 1. The van der Waals surface area contributed by atoms with E-state index in [1.807, 2.05) is 13.8 Å². The maximum absolute atomic E-state index is 12.4. The van der Waals surface area contributed by atoms with Crippen LogP contribution in [0, 0.1) is 0 Å². The lowest BCUT2D eigenvalue weighted by Gasteiger charge is -2.26. The molecule has 0 spiro atoms. The van der Waals surface area contributed by atoms with Gasteiger partial charge in [0.25, 0.3) is 9.05 Å². The number of unbranched alkanes of at least 4 members (excludes halogenated alkanes) is 2. The summed E-state index contributed by atoms with van der Waals surface area (Å²) in [6, 6.07) is 9.06. The molecule has 0 aliphatic carbocycles. The molecular formula is C28H36Cl3N3O6S2. The van der Waals surface area contributed by atoms with Crippen molar-refractivity contribution in [3.05, 3.63) is 47.5 Å². The minimum atomic E-state index is -3.81. The number of hydrogen-bond donors (Lipinski definition) is 3. The largest absolute Gasteiger partial charge is 0.325 e. The molecule has 0 fully saturated rings. The highest BCUT2D eigenvalue weighted by Gasteiger charge is 2.46. The van der Waals surface area contributed by atoms with Crippen LogP contribution in [0.4, 0.5) is 11.4 Å². The number of carbonyl (C=O) groups excluding carboxylic acids is 2. The van der Waals surface area contributed by atoms with Crippen molar-refractivity contribution in [1.29, 1.82) is 0 Å². The molecule has 42 heavy (non-hydrogen) atoms. The van der Waals surface area contributed by atoms with Crippen molar-refractivity contribution >= 4 is 76.1 Å². The minimum absolute atomic E-state index is 0.0228. The molecule has 0 radical (unpaired) electrons. The van der Waals surface area contributed by atoms with Crippen molar-refractivity contribution in [3.63, 3.8) is 0 Å². The summed E-state index contributed by atoms with van der Waals surface area (Å²) in [5, 5.41) is 10.9. The number of fused-ring (bicyclic) bond motifs is 2. The maximum atomic E-state index is 12.4. The van der Waals surface area contributed by atoms with Crippen LogP contribution in [-0.4, -0.2) is 40.4 Å². The number of nitrogens with one attached hydrogen (secondary N) is 2. The molecular weight excluding hydrogens is 645 g/mol. The monoisotopic (exact) mass is 679 g/mol. The lowest BCUT2D eigenvalue weighted by atomic mass is 9.75. The smallest absolute Gasteiger partial charge is 0.261 e. The minimum Gasteiger partial charge on any atom is -0.325 e. The Morgan fingerprint density at radius 1 is 0.714 bits per heavy atom. The molecule has 0 saturated carbocycles. The fourth-order valence-corrected chi connectivity index (χ4v) is 7.40. The lowest BCUT2D eigenvalue weighted by molar-refractivity contribution is -0.122. The van der Waals surface area contributed by atoms with Crippen molar-refractivity contribution in [2.75, 3.05) is 22.4 Å². The van der Waals surface area contributed by atoms with Gasteiger partial charge >= 0.3 is 0 Å². The summed E-state index contributed by atoms with van der Waals surface area (Å²) in [7, 11) is -2.19. The first-order chi connectivity index (χ1) is 19.7. The van der Waals surface area contributed by atoms with Gasteiger partial charge in [-0.2, -0.15) is 0 Å². The Labute approximate surface area is 262 Å². The Bertz CT molecular complexity index is 1440. The Morgan fingerprint density at radius 2 is 1.12 bits per heavy atom. The summed E-state index contributed by atoms with van der Waals surface area (Å²) in [6.07, 6.45) is 5.73. The average molecular weight is 681 g/mol. The summed E-state index contributed by atoms with van der Waals surface area (Å²) < 4.78 is 46.1. The van der Waals surface area contributed by atoms with Crippen LogP contribution in [0.15, 0.2) is 46.2 Å². The molecule has 232 valence electrons. The molecule has 2 aliphatic rings. The molecule has 2 heterocycles. The van der Waals surface area contributed by atoms with E-state index < -0.39 is 29.9 Å². The van der Waals surface area contributed by atoms with Crippen molar-refractivity contribution in [2.24, 2.45) is 5.14 Å². The molecule has 0 bridgehead atoms. The van der Waals surface area contributed by atoms with Crippen LogP contribution in [0.25, 0.3) is 0 Å². The standard InChI is InChI=1S/C14H17Cl2NO3S.C14H19ClN2O3S/c2*1-2-14(7-3-4-8-15)11-9-10(21(16,19)20)5-6-12(11)17-13(14)18/h5-6,9H,2-4,7-8H2,1H3,(H,17,18);5-6,9H,2-4,7-8H2,1H3,(H,17,18)(H2,16,19,20). The van der Waals surface area contributed by atoms with Gasteiger partial charge < -0.3 is 10.6 Å². The zero-order chi connectivity index (χ0) is 31.3. The van der Waals surface area contributed by atoms with Gasteiger partial charge in [0.2, 0.25) is 21.8 Å². The normalized spacial score (nSPS) is 21.2. The predicted octanol–water partition coefficient (Wildman–Crippen LogP) is 5.97. The first-order valence-corrected chi connectivity index (χ1v) is 18.6. The Morgan fingerprint density at radius 3 is 1.48 bits per heavy atom. The Hall–Kier alpha value is -1.89. The topological polar surface area (TPSA) is 152 Å². The quantitative estimate of drug-likeness (QED) is 0.143. The maximum Gasteiger partial charge on any atom is 0.261 e. The van der Waals surface area contributed by atoms with E-state index in [9.17, 15) is 26.4 Å². The third-order valence-electron chi connectivity index (χ3n) is 8.17. The molecule has 4 N–H and O–H groups in total. The third kappa shape index (κ3) is 7.08. The number of alkyl halides is 2. The van der Waals surface area contributed by atoms with E-state index in [2.05, 4.69) is 10.6 Å². The molecule has 2 unspecified atom stereocenters. The number of amides is 2. The number of carbonyl (C=O) groups is 2. The number of halogens is 3. The van der Waals surface area contributed by atoms with Crippen molar-refractivity contribution in [1.82, 2.24) is 0 Å². The fraction of sp³-hybridized carbons (Fsp3) is 0.500. The Kier molecular flexibility index (Phi) is 11.4.